The molecule has 1 aliphatic carbocycles. The number of nitrogens with one attached hydrogen (secondary N) is 1. The average molecular weight is 377 g/mol. The maximum Gasteiger partial charge on any atom is 0.266 e. The normalized spacial score (nSPS) is 17.2. The van der Waals surface area contributed by atoms with Gasteiger partial charge in [-0.15, -0.1) is 22.7 Å². The molecule has 2 amide bonds. The van der Waals surface area contributed by atoms with E-state index in [2.05, 4.69) is 26.1 Å². The van der Waals surface area contributed by atoms with Gasteiger partial charge in [0.05, 0.1) is 10.4 Å². The molecule has 1 unspecified atom stereocenters. The summed E-state index contributed by atoms with van der Waals surface area (Å²) in [6.07, 6.45) is 4.00. The fourth-order valence-corrected chi connectivity index (χ4v) is 5.41. The van der Waals surface area contributed by atoms with Crippen LogP contribution < -0.4 is 11.1 Å². The van der Waals surface area contributed by atoms with Crippen LogP contribution in [0.2, 0.25) is 0 Å². The Morgan fingerprint density at radius 2 is 2.16 bits per heavy atom. The summed E-state index contributed by atoms with van der Waals surface area (Å²) in [5.74, 6) is -0.0426. The maximum absolute atomic E-state index is 12.4. The Labute approximate surface area is 156 Å². The standard InChI is InChI=1S/C19H24N2O2S2/c1-4-19(2,3)11-7-8-12-14(10-11)25-18(15(12)16(20)22)21-17(23)13-6-5-9-24-13/h5-6,9,11H,4,7-8,10H2,1-3H3,(H2,20,22)(H,21,23). The number of carbonyl (C=O) groups excluding carboxylic acids is 2. The molecule has 0 saturated heterocycles. The fourth-order valence-electron chi connectivity index (χ4n) is 3.46. The van der Waals surface area contributed by atoms with Crippen molar-refractivity contribution in [2.45, 2.75) is 46.5 Å². The molecular formula is C19H24N2O2S2. The maximum atomic E-state index is 12.4. The second-order valence-electron chi connectivity index (χ2n) is 7.29. The minimum Gasteiger partial charge on any atom is -0.365 e. The second kappa shape index (κ2) is 6.92. The van der Waals surface area contributed by atoms with Gasteiger partial charge in [-0.2, -0.15) is 0 Å². The molecule has 2 aromatic heterocycles. The van der Waals surface area contributed by atoms with Crippen LogP contribution >= 0.6 is 22.7 Å². The minimum atomic E-state index is -0.452. The van der Waals surface area contributed by atoms with Crippen molar-refractivity contribution in [2.24, 2.45) is 17.1 Å². The van der Waals surface area contributed by atoms with Crippen molar-refractivity contribution in [1.82, 2.24) is 0 Å². The van der Waals surface area contributed by atoms with Crippen LogP contribution in [0, 0.1) is 11.3 Å². The highest BCUT2D eigenvalue weighted by Gasteiger charge is 2.35. The highest BCUT2D eigenvalue weighted by Crippen LogP contribution is 2.45. The summed E-state index contributed by atoms with van der Waals surface area (Å²) in [6.45, 7) is 6.85. The first-order valence-corrected chi connectivity index (χ1v) is 10.3. The number of hydrogen-bond donors (Lipinski definition) is 2. The van der Waals surface area contributed by atoms with Gasteiger partial charge in [0, 0.05) is 4.88 Å². The van der Waals surface area contributed by atoms with E-state index in [0.29, 0.717) is 21.4 Å². The first kappa shape index (κ1) is 18.1. The van der Waals surface area contributed by atoms with Crippen LogP contribution in [0.1, 0.15) is 64.1 Å². The Balaban J connectivity index is 1.91. The number of rotatable bonds is 5. The molecule has 25 heavy (non-hydrogen) atoms. The van der Waals surface area contributed by atoms with Crippen LogP contribution in [0.25, 0.3) is 0 Å². The van der Waals surface area contributed by atoms with Gasteiger partial charge >= 0.3 is 0 Å². The molecule has 0 fully saturated rings. The first-order valence-electron chi connectivity index (χ1n) is 8.62. The molecule has 3 N–H and O–H groups in total. The molecule has 3 rings (SSSR count). The van der Waals surface area contributed by atoms with E-state index in [1.807, 2.05) is 11.4 Å². The van der Waals surface area contributed by atoms with Crippen molar-refractivity contribution in [2.75, 3.05) is 5.32 Å². The number of carbonyl (C=O) groups is 2. The molecule has 2 aromatic rings. The van der Waals surface area contributed by atoms with Gasteiger partial charge in [0.15, 0.2) is 0 Å². The third-order valence-electron chi connectivity index (χ3n) is 5.50. The van der Waals surface area contributed by atoms with Crippen LogP contribution in [-0.4, -0.2) is 11.8 Å². The molecule has 1 atom stereocenters. The number of nitrogens with two attached hydrogens (primary N) is 1. The zero-order valence-electron chi connectivity index (χ0n) is 14.8. The van der Waals surface area contributed by atoms with Gasteiger partial charge in [0.2, 0.25) is 0 Å². The Morgan fingerprint density at radius 3 is 2.76 bits per heavy atom. The SMILES string of the molecule is CCC(C)(C)C1CCc2c(sc(NC(=O)c3cccs3)c2C(N)=O)C1. The van der Waals surface area contributed by atoms with Crippen LogP contribution in [0.3, 0.4) is 0 Å². The van der Waals surface area contributed by atoms with Crippen LogP contribution in [-0.2, 0) is 12.8 Å². The predicted molar refractivity (Wildman–Crippen MR) is 105 cm³/mol. The zero-order chi connectivity index (χ0) is 18.2. The second-order valence-corrected chi connectivity index (χ2v) is 9.34. The summed E-state index contributed by atoms with van der Waals surface area (Å²) < 4.78 is 0. The van der Waals surface area contributed by atoms with Gasteiger partial charge in [0.25, 0.3) is 11.8 Å². The van der Waals surface area contributed by atoms with Gasteiger partial charge in [-0.05, 0) is 47.6 Å². The Morgan fingerprint density at radius 1 is 1.40 bits per heavy atom. The smallest absolute Gasteiger partial charge is 0.266 e. The molecule has 0 saturated carbocycles. The number of amides is 2. The van der Waals surface area contributed by atoms with Crippen molar-refractivity contribution in [3.05, 3.63) is 38.4 Å². The minimum absolute atomic E-state index is 0.179. The average Bonchev–Trinajstić information content (AvgIpc) is 3.21. The van der Waals surface area contributed by atoms with E-state index in [1.165, 1.54) is 27.6 Å². The molecule has 1 aliphatic rings. The lowest BCUT2D eigenvalue weighted by molar-refractivity contribution is 0.0999. The lowest BCUT2D eigenvalue weighted by Crippen LogP contribution is -2.29. The molecule has 6 heteroatoms. The van der Waals surface area contributed by atoms with Crippen LogP contribution in [0.4, 0.5) is 5.00 Å². The van der Waals surface area contributed by atoms with Gasteiger partial charge in [-0.25, -0.2) is 0 Å². The quantitative estimate of drug-likeness (QED) is 0.794. The largest absolute Gasteiger partial charge is 0.365 e. The van der Waals surface area contributed by atoms with Gasteiger partial charge in [-0.3, -0.25) is 9.59 Å². The lowest BCUT2D eigenvalue weighted by atomic mass is 9.69. The van der Waals surface area contributed by atoms with E-state index in [1.54, 1.807) is 6.07 Å². The molecule has 0 bridgehead atoms. The van der Waals surface area contributed by atoms with Crippen molar-refractivity contribution in [1.29, 1.82) is 0 Å². The molecule has 134 valence electrons. The Kier molecular flexibility index (Phi) is 5.02. The van der Waals surface area contributed by atoms with Crippen LogP contribution in [0.5, 0.6) is 0 Å². The van der Waals surface area contributed by atoms with Gasteiger partial charge < -0.3 is 11.1 Å². The van der Waals surface area contributed by atoms with Crippen molar-refractivity contribution < 1.29 is 9.59 Å². The van der Waals surface area contributed by atoms with E-state index >= 15 is 0 Å². The van der Waals surface area contributed by atoms with Gasteiger partial charge in [0.1, 0.15) is 5.00 Å². The molecule has 0 aromatic carbocycles. The number of thiophene rings is 2. The highest BCUT2D eigenvalue weighted by atomic mass is 32.1. The van der Waals surface area contributed by atoms with E-state index in [9.17, 15) is 9.59 Å². The van der Waals surface area contributed by atoms with E-state index in [4.69, 9.17) is 5.73 Å². The van der Waals surface area contributed by atoms with Crippen molar-refractivity contribution >= 4 is 39.5 Å². The molecule has 2 heterocycles. The third-order valence-corrected chi connectivity index (χ3v) is 7.54. The fraction of sp³-hybridized carbons (Fsp3) is 0.474. The number of fused-ring (bicyclic) bond motifs is 1. The summed E-state index contributed by atoms with van der Waals surface area (Å²) in [7, 11) is 0. The zero-order valence-corrected chi connectivity index (χ0v) is 16.5. The number of anilines is 1. The first-order chi connectivity index (χ1) is 11.8. The monoisotopic (exact) mass is 376 g/mol. The highest BCUT2D eigenvalue weighted by molar-refractivity contribution is 7.17. The summed E-state index contributed by atoms with van der Waals surface area (Å²) in [5.41, 5.74) is 7.47. The summed E-state index contributed by atoms with van der Waals surface area (Å²) in [6, 6.07) is 3.61. The topological polar surface area (TPSA) is 72.2 Å². The molecular weight excluding hydrogens is 352 g/mol. The number of primary amides is 1. The van der Waals surface area contributed by atoms with E-state index < -0.39 is 5.91 Å². The lowest BCUT2D eigenvalue weighted by Gasteiger charge is -2.36. The summed E-state index contributed by atoms with van der Waals surface area (Å²) in [5, 5.41) is 5.37. The number of hydrogen-bond acceptors (Lipinski definition) is 4. The molecule has 0 aliphatic heterocycles. The summed E-state index contributed by atoms with van der Waals surface area (Å²) in [4.78, 5) is 26.3. The molecule has 0 radical (unpaired) electrons. The Bertz CT molecular complexity index is 791. The van der Waals surface area contributed by atoms with Crippen molar-refractivity contribution in [3.8, 4) is 0 Å². The third kappa shape index (κ3) is 3.51. The van der Waals surface area contributed by atoms with Crippen molar-refractivity contribution in [3.63, 3.8) is 0 Å². The Hall–Kier alpha value is -1.66. The summed E-state index contributed by atoms with van der Waals surface area (Å²) >= 11 is 2.90. The van der Waals surface area contributed by atoms with E-state index in [0.717, 1.165) is 31.2 Å². The van der Waals surface area contributed by atoms with E-state index in [-0.39, 0.29) is 11.3 Å². The van der Waals surface area contributed by atoms with Crippen LogP contribution in [0.15, 0.2) is 17.5 Å². The molecule has 4 nitrogen and oxygen atoms in total. The van der Waals surface area contributed by atoms with Gasteiger partial charge in [-0.1, -0.05) is 33.3 Å². The molecule has 0 spiro atoms. The predicted octanol–water partition coefficient (Wildman–Crippen LogP) is 4.70.